The molecule has 202 valence electrons. The Balaban J connectivity index is 2.21. The van der Waals surface area contributed by atoms with Crippen molar-refractivity contribution in [1.29, 1.82) is 0 Å². The van der Waals surface area contributed by atoms with E-state index in [0.717, 1.165) is 44.7 Å². The Hall–Kier alpha value is -3.75. The van der Waals surface area contributed by atoms with Crippen LogP contribution >= 0.6 is 0 Å². The van der Waals surface area contributed by atoms with E-state index < -0.39 is 78.4 Å². The van der Waals surface area contributed by atoms with Crippen LogP contribution in [0.2, 0.25) is 0 Å². The minimum absolute atomic E-state index is 0.00668. The zero-order valence-electron chi connectivity index (χ0n) is 20.4. The standard InChI is InChI=1S/C22H24F3N3O9/c1-9-6-14(22(23,24)25)16-20(27-9)28(8-26-16)21-19(36-13(5)32)18(35-12(4)31)17(34-11(3)30)15(37-21)7-33-10(2)29/h6,8,15,17-19,21H,7H2,1-5H3/t15-,17-,18+,19-,21-/m1/s1. The van der Waals surface area contributed by atoms with Crippen LogP contribution in [0.4, 0.5) is 13.2 Å². The van der Waals surface area contributed by atoms with Gasteiger partial charge in [-0.3, -0.25) is 23.7 Å². The van der Waals surface area contributed by atoms with Crippen LogP contribution in [-0.4, -0.2) is 69.4 Å². The predicted octanol–water partition coefficient (Wildman–Crippen LogP) is 2.01. The number of halogens is 3. The van der Waals surface area contributed by atoms with E-state index >= 15 is 0 Å². The highest BCUT2D eigenvalue weighted by atomic mass is 19.4. The predicted molar refractivity (Wildman–Crippen MR) is 114 cm³/mol. The average molecular weight is 531 g/mol. The number of carbonyl (C=O) groups is 4. The molecular formula is C22H24F3N3O9. The molecule has 3 heterocycles. The number of hydrogen-bond acceptors (Lipinski definition) is 11. The molecule has 0 saturated carbocycles. The van der Waals surface area contributed by atoms with Gasteiger partial charge in [-0.25, -0.2) is 9.97 Å². The molecule has 0 radical (unpaired) electrons. The largest absolute Gasteiger partial charge is 0.463 e. The Bertz CT molecular complexity index is 1210. The van der Waals surface area contributed by atoms with Crippen LogP contribution < -0.4 is 0 Å². The van der Waals surface area contributed by atoms with Gasteiger partial charge in [0.25, 0.3) is 0 Å². The second-order valence-electron chi connectivity index (χ2n) is 8.22. The van der Waals surface area contributed by atoms with E-state index in [9.17, 15) is 32.3 Å². The van der Waals surface area contributed by atoms with Gasteiger partial charge in [-0.05, 0) is 13.0 Å². The number of carbonyl (C=O) groups excluding carboxylic acids is 4. The highest BCUT2D eigenvalue weighted by Crippen LogP contribution is 2.38. The molecule has 0 aromatic carbocycles. The molecule has 5 atom stereocenters. The maximum absolute atomic E-state index is 13.7. The van der Waals surface area contributed by atoms with Crippen LogP contribution in [0.25, 0.3) is 11.2 Å². The summed E-state index contributed by atoms with van der Waals surface area (Å²) in [5.41, 5.74) is -1.83. The minimum Gasteiger partial charge on any atom is -0.463 e. The number of imidazole rings is 1. The molecule has 1 saturated heterocycles. The van der Waals surface area contributed by atoms with Gasteiger partial charge in [-0.1, -0.05) is 0 Å². The second-order valence-corrected chi connectivity index (χ2v) is 8.22. The van der Waals surface area contributed by atoms with Crippen molar-refractivity contribution < 1.29 is 56.0 Å². The van der Waals surface area contributed by atoms with Gasteiger partial charge in [-0.15, -0.1) is 0 Å². The first-order valence-corrected chi connectivity index (χ1v) is 10.9. The van der Waals surface area contributed by atoms with E-state index in [-0.39, 0.29) is 11.3 Å². The second kappa shape index (κ2) is 10.7. The summed E-state index contributed by atoms with van der Waals surface area (Å²) in [6.45, 7) is 5.12. The summed E-state index contributed by atoms with van der Waals surface area (Å²) < 4.78 is 69.1. The van der Waals surface area contributed by atoms with E-state index in [1.54, 1.807) is 0 Å². The molecule has 1 fully saturated rings. The molecule has 3 rings (SSSR count). The van der Waals surface area contributed by atoms with E-state index in [2.05, 4.69) is 9.97 Å². The molecule has 15 heteroatoms. The third kappa shape index (κ3) is 6.34. The lowest BCUT2D eigenvalue weighted by Gasteiger charge is -2.44. The zero-order chi connectivity index (χ0) is 27.7. The Morgan fingerprint density at radius 1 is 0.946 bits per heavy atom. The van der Waals surface area contributed by atoms with Crippen molar-refractivity contribution in [2.24, 2.45) is 0 Å². The van der Waals surface area contributed by atoms with Gasteiger partial charge >= 0.3 is 30.1 Å². The van der Waals surface area contributed by atoms with Crippen molar-refractivity contribution in [1.82, 2.24) is 14.5 Å². The van der Waals surface area contributed by atoms with E-state index in [1.807, 2.05) is 0 Å². The van der Waals surface area contributed by atoms with Crippen LogP contribution in [0.1, 0.15) is 45.2 Å². The topological polar surface area (TPSA) is 145 Å². The quantitative estimate of drug-likeness (QED) is 0.399. The fraction of sp³-hybridized carbons (Fsp3) is 0.545. The Kier molecular flexibility index (Phi) is 8.05. The first-order chi connectivity index (χ1) is 17.2. The highest BCUT2D eigenvalue weighted by Gasteiger charge is 2.53. The lowest BCUT2D eigenvalue weighted by Crippen LogP contribution is -2.60. The third-order valence-corrected chi connectivity index (χ3v) is 5.20. The molecule has 0 N–H and O–H groups in total. The van der Waals surface area contributed by atoms with Crippen molar-refractivity contribution in [3.05, 3.63) is 23.7 Å². The summed E-state index contributed by atoms with van der Waals surface area (Å²) in [6, 6.07) is 0.826. The Labute approximate surface area is 208 Å². The van der Waals surface area contributed by atoms with Gasteiger partial charge in [-0.2, -0.15) is 13.2 Å². The van der Waals surface area contributed by atoms with Crippen molar-refractivity contribution >= 4 is 35.0 Å². The molecule has 2 aromatic heterocycles. The molecule has 0 spiro atoms. The first-order valence-electron chi connectivity index (χ1n) is 10.9. The maximum Gasteiger partial charge on any atom is 0.418 e. The van der Waals surface area contributed by atoms with Crippen LogP contribution in [0, 0.1) is 6.92 Å². The summed E-state index contributed by atoms with van der Waals surface area (Å²) in [7, 11) is 0. The normalized spacial score (nSPS) is 23.8. The zero-order valence-corrected chi connectivity index (χ0v) is 20.4. The molecule has 0 aliphatic carbocycles. The Morgan fingerprint density at radius 2 is 1.51 bits per heavy atom. The average Bonchev–Trinajstić information content (AvgIpc) is 3.16. The van der Waals surface area contributed by atoms with Crippen LogP contribution in [-0.2, 0) is 49.0 Å². The number of alkyl halides is 3. The number of ether oxygens (including phenoxy) is 5. The number of esters is 4. The highest BCUT2D eigenvalue weighted by molar-refractivity contribution is 5.76. The number of rotatable bonds is 6. The van der Waals surface area contributed by atoms with E-state index in [4.69, 9.17) is 23.7 Å². The molecule has 1 aliphatic heterocycles. The van der Waals surface area contributed by atoms with Crippen LogP contribution in [0.3, 0.4) is 0 Å². The molecule has 0 bridgehead atoms. The number of aromatic nitrogens is 3. The summed E-state index contributed by atoms with van der Waals surface area (Å²) in [5, 5.41) is 0. The summed E-state index contributed by atoms with van der Waals surface area (Å²) in [4.78, 5) is 55.3. The summed E-state index contributed by atoms with van der Waals surface area (Å²) in [6.07, 6.45) is -11.0. The minimum atomic E-state index is -4.76. The van der Waals surface area contributed by atoms with Crippen molar-refractivity contribution in [2.45, 2.75) is 71.4 Å². The SMILES string of the molecule is CC(=O)OC[C@H]1O[C@@H](n2cnc3c(C(F)(F)F)cc(C)nc32)[C@H](OC(C)=O)[C@@H](OC(C)=O)[C@@H]1OC(C)=O. The van der Waals surface area contributed by atoms with Gasteiger partial charge < -0.3 is 23.7 Å². The molecule has 1 aliphatic rings. The lowest BCUT2D eigenvalue weighted by atomic mass is 9.97. The maximum atomic E-state index is 13.7. The van der Waals surface area contributed by atoms with Gasteiger partial charge in [0.2, 0.25) is 0 Å². The van der Waals surface area contributed by atoms with E-state index in [0.29, 0.717) is 0 Å². The first kappa shape index (κ1) is 27.8. The molecular weight excluding hydrogens is 507 g/mol. The fourth-order valence-electron chi connectivity index (χ4n) is 3.96. The number of hydrogen-bond donors (Lipinski definition) is 0. The number of pyridine rings is 1. The fourth-order valence-corrected chi connectivity index (χ4v) is 3.96. The van der Waals surface area contributed by atoms with Crippen LogP contribution in [0.5, 0.6) is 0 Å². The van der Waals surface area contributed by atoms with Crippen LogP contribution in [0.15, 0.2) is 12.4 Å². The van der Waals surface area contributed by atoms with E-state index in [1.165, 1.54) is 6.92 Å². The van der Waals surface area contributed by atoms with Crippen molar-refractivity contribution in [2.75, 3.05) is 6.61 Å². The summed E-state index contributed by atoms with van der Waals surface area (Å²) in [5.74, 6) is -3.25. The molecule has 2 aromatic rings. The van der Waals surface area contributed by atoms with Gasteiger partial charge in [0, 0.05) is 33.4 Å². The van der Waals surface area contributed by atoms with Gasteiger partial charge in [0.1, 0.15) is 18.2 Å². The molecule has 0 amide bonds. The van der Waals surface area contributed by atoms with Gasteiger partial charge in [0.05, 0.1) is 11.9 Å². The number of nitrogens with zero attached hydrogens (tertiary/aromatic N) is 3. The van der Waals surface area contributed by atoms with Crippen molar-refractivity contribution in [3.8, 4) is 0 Å². The lowest BCUT2D eigenvalue weighted by molar-refractivity contribution is -0.267. The third-order valence-electron chi connectivity index (χ3n) is 5.20. The summed E-state index contributed by atoms with van der Waals surface area (Å²) >= 11 is 0. The number of fused-ring (bicyclic) bond motifs is 1. The van der Waals surface area contributed by atoms with Gasteiger partial charge in [0.15, 0.2) is 30.2 Å². The number of aryl methyl sites for hydroxylation is 1. The molecule has 12 nitrogen and oxygen atoms in total. The smallest absolute Gasteiger partial charge is 0.418 e. The molecule has 0 unspecified atom stereocenters. The Morgan fingerprint density at radius 3 is 2.05 bits per heavy atom. The van der Waals surface area contributed by atoms with Crippen molar-refractivity contribution in [3.63, 3.8) is 0 Å². The molecule has 37 heavy (non-hydrogen) atoms. The monoisotopic (exact) mass is 531 g/mol.